The molecule has 2 aromatic rings. The van der Waals surface area contributed by atoms with E-state index in [4.69, 9.17) is 9.47 Å². The fraction of sp³-hybridized carbons (Fsp3) is 0.444. The smallest absolute Gasteiger partial charge is 0.232 e. The number of nitrogens with one attached hydrogen (secondary N) is 2. The van der Waals surface area contributed by atoms with E-state index < -0.39 is 0 Å². The maximum atomic E-state index is 12.0. The van der Waals surface area contributed by atoms with Gasteiger partial charge in [0.25, 0.3) is 0 Å². The maximum absolute atomic E-state index is 12.0. The molecule has 3 rings (SSSR count). The molecule has 2 heterocycles. The fourth-order valence-electron chi connectivity index (χ4n) is 2.61. The number of aromatic amines is 1. The third kappa shape index (κ3) is 5.70. The lowest BCUT2D eigenvalue weighted by atomic mass is 10.2. The standard InChI is InChI=1S/C18H23N5O4S/c1-26-14-4-2-13(3-5-14)18-20-15(21-22-18)10-19-16(24)11-28-12-17(25)23-6-8-27-9-7-23/h2-5H,6-12H2,1H3,(H,19,24)(H,20,21,22). The minimum absolute atomic E-state index is 0.0421. The second-order valence-electron chi connectivity index (χ2n) is 6.10. The van der Waals surface area contributed by atoms with Crippen molar-refractivity contribution in [2.75, 3.05) is 44.9 Å². The Morgan fingerprint density at radius 3 is 2.71 bits per heavy atom. The summed E-state index contributed by atoms with van der Waals surface area (Å²) in [5.74, 6) is 2.28. The molecule has 2 amide bonds. The lowest BCUT2D eigenvalue weighted by molar-refractivity contribution is -0.132. The van der Waals surface area contributed by atoms with Gasteiger partial charge in [0.1, 0.15) is 11.6 Å². The van der Waals surface area contributed by atoms with E-state index >= 15 is 0 Å². The molecule has 10 heteroatoms. The zero-order chi connectivity index (χ0) is 19.8. The van der Waals surface area contributed by atoms with Gasteiger partial charge in [0, 0.05) is 18.7 Å². The second-order valence-corrected chi connectivity index (χ2v) is 7.08. The first-order chi connectivity index (χ1) is 13.7. The number of nitrogens with zero attached hydrogens (tertiary/aromatic N) is 3. The molecule has 1 aromatic carbocycles. The highest BCUT2D eigenvalue weighted by atomic mass is 32.2. The highest BCUT2D eigenvalue weighted by Crippen LogP contribution is 2.18. The van der Waals surface area contributed by atoms with Crippen LogP contribution in [0.15, 0.2) is 24.3 Å². The quantitative estimate of drug-likeness (QED) is 0.665. The van der Waals surface area contributed by atoms with E-state index in [2.05, 4.69) is 20.5 Å². The van der Waals surface area contributed by atoms with Crippen LogP contribution in [0.4, 0.5) is 0 Å². The molecule has 0 radical (unpaired) electrons. The van der Waals surface area contributed by atoms with Crippen molar-refractivity contribution < 1.29 is 19.1 Å². The zero-order valence-electron chi connectivity index (χ0n) is 15.6. The third-order valence-corrected chi connectivity index (χ3v) is 5.07. The number of methoxy groups -OCH3 is 1. The van der Waals surface area contributed by atoms with Crippen LogP contribution in [-0.4, -0.2) is 76.8 Å². The molecule has 0 spiro atoms. The number of morpholine rings is 1. The Morgan fingerprint density at radius 1 is 1.25 bits per heavy atom. The second kappa shape index (κ2) is 10.1. The summed E-state index contributed by atoms with van der Waals surface area (Å²) in [4.78, 5) is 30.1. The van der Waals surface area contributed by atoms with Gasteiger partial charge in [0.15, 0.2) is 5.82 Å². The van der Waals surface area contributed by atoms with E-state index in [-0.39, 0.29) is 29.9 Å². The summed E-state index contributed by atoms with van der Waals surface area (Å²) < 4.78 is 10.4. The number of amides is 2. The lowest BCUT2D eigenvalue weighted by Crippen LogP contribution is -2.41. The van der Waals surface area contributed by atoms with Crippen LogP contribution < -0.4 is 10.1 Å². The van der Waals surface area contributed by atoms with Crippen LogP contribution in [0.1, 0.15) is 5.82 Å². The first-order valence-electron chi connectivity index (χ1n) is 8.91. The van der Waals surface area contributed by atoms with Crippen LogP contribution >= 0.6 is 11.8 Å². The highest BCUT2D eigenvalue weighted by molar-refractivity contribution is 8.00. The molecule has 28 heavy (non-hydrogen) atoms. The summed E-state index contributed by atoms with van der Waals surface area (Å²) in [6.45, 7) is 2.64. The summed E-state index contributed by atoms with van der Waals surface area (Å²) in [6.07, 6.45) is 0. The van der Waals surface area contributed by atoms with Gasteiger partial charge in [0.05, 0.1) is 38.4 Å². The van der Waals surface area contributed by atoms with Crippen LogP contribution in [0.2, 0.25) is 0 Å². The Bertz CT molecular complexity index is 790. The molecular formula is C18H23N5O4S. The topological polar surface area (TPSA) is 109 Å². The van der Waals surface area contributed by atoms with Gasteiger partial charge in [-0.2, -0.15) is 5.10 Å². The largest absolute Gasteiger partial charge is 0.497 e. The molecule has 0 aliphatic carbocycles. The van der Waals surface area contributed by atoms with Crippen LogP contribution in [0.3, 0.4) is 0 Å². The summed E-state index contributed by atoms with van der Waals surface area (Å²) in [5, 5.41) is 9.76. The van der Waals surface area contributed by atoms with Gasteiger partial charge in [-0.1, -0.05) is 0 Å². The van der Waals surface area contributed by atoms with Crippen LogP contribution in [-0.2, 0) is 20.9 Å². The van der Waals surface area contributed by atoms with E-state index in [1.807, 2.05) is 24.3 Å². The summed E-state index contributed by atoms with van der Waals surface area (Å²) in [5.41, 5.74) is 0.854. The van der Waals surface area contributed by atoms with Gasteiger partial charge >= 0.3 is 0 Å². The van der Waals surface area contributed by atoms with E-state index in [0.717, 1.165) is 11.3 Å². The molecule has 1 saturated heterocycles. The summed E-state index contributed by atoms with van der Waals surface area (Å²) in [6, 6.07) is 7.41. The number of aromatic nitrogens is 3. The minimum atomic E-state index is -0.151. The highest BCUT2D eigenvalue weighted by Gasteiger charge is 2.17. The molecule has 1 aromatic heterocycles. The molecule has 1 fully saturated rings. The van der Waals surface area contributed by atoms with Gasteiger partial charge in [-0.3, -0.25) is 14.7 Å². The maximum Gasteiger partial charge on any atom is 0.232 e. The molecule has 0 bridgehead atoms. The first kappa shape index (κ1) is 20.2. The predicted molar refractivity (Wildman–Crippen MR) is 105 cm³/mol. The van der Waals surface area contributed by atoms with Crippen molar-refractivity contribution in [2.24, 2.45) is 0 Å². The van der Waals surface area contributed by atoms with E-state index in [9.17, 15) is 9.59 Å². The minimum Gasteiger partial charge on any atom is -0.497 e. The number of hydrogen-bond acceptors (Lipinski definition) is 7. The third-order valence-electron chi connectivity index (χ3n) is 4.16. The average molecular weight is 405 g/mol. The van der Waals surface area contributed by atoms with Gasteiger partial charge in [-0.15, -0.1) is 11.8 Å². The van der Waals surface area contributed by atoms with Crippen molar-refractivity contribution in [1.29, 1.82) is 0 Å². The number of H-pyrrole nitrogens is 1. The Balaban J connectivity index is 1.38. The molecule has 0 saturated carbocycles. The number of thioether (sulfide) groups is 1. The van der Waals surface area contributed by atoms with Crippen molar-refractivity contribution >= 4 is 23.6 Å². The van der Waals surface area contributed by atoms with Crippen molar-refractivity contribution in [3.8, 4) is 17.1 Å². The number of hydrogen-bond donors (Lipinski definition) is 2. The van der Waals surface area contributed by atoms with E-state index in [0.29, 0.717) is 38.0 Å². The monoisotopic (exact) mass is 405 g/mol. The number of benzene rings is 1. The zero-order valence-corrected chi connectivity index (χ0v) is 16.5. The van der Waals surface area contributed by atoms with Crippen molar-refractivity contribution in [3.05, 3.63) is 30.1 Å². The average Bonchev–Trinajstić information content (AvgIpc) is 3.22. The molecule has 1 aliphatic heterocycles. The molecular weight excluding hydrogens is 382 g/mol. The van der Waals surface area contributed by atoms with Crippen molar-refractivity contribution in [3.63, 3.8) is 0 Å². The Hall–Kier alpha value is -2.59. The lowest BCUT2D eigenvalue weighted by Gasteiger charge is -2.26. The fourth-order valence-corrected chi connectivity index (χ4v) is 3.36. The van der Waals surface area contributed by atoms with Crippen LogP contribution in [0.25, 0.3) is 11.4 Å². The number of ether oxygens (including phenoxy) is 2. The van der Waals surface area contributed by atoms with E-state index in [1.54, 1.807) is 12.0 Å². The molecule has 2 N–H and O–H groups in total. The van der Waals surface area contributed by atoms with E-state index in [1.165, 1.54) is 11.8 Å². The molecule has 1 aliphatic rings. The Labute approximate surface area is 167 Å². The SMILES string of the molecule is COc1ccc(-c2n[nH]c(CNC(=O)CSCC(=O)N3CCOCC3)n2)cc1. The Kier molecular flexibility index (Phi) is 7.26. The number of carbonyl (C=O) groups is 2. The van der Waals surface area contributed by atoms with Gasteiger partial charge in [-0.05, 0) is 24.3 Å². The van der Waals surface area contributed by atoms with Crippen LogP contribution in [0.5, 0.6) is 5.75 Å². The van der Waals surface area contributed by atoms with Gasteiger partial charge in [-0.25, -0.2) is 4.98 Å². The van der Waals surface area contributed by atoms with Crippen molar-refractivity contribution in [2.45, 2.75) is 6.54 Å². The van der Waals surface area contributed by atoms with Crippen LogP contribution in [0, 0.1) is 0 Å². The molecule has 0 atom stereocenters. The predicted octanol–water partition coefficient (Wildman–Crippen LogP) is 0.689. The van der Waals surface area contributed by atoms with Crippen molar-refractivity contribution in [1.82, 2.24) is 25.4 Å². The van der Waals surface area contributed by atoms with Gasteiger partial charge < -0.3 is 19.7 Å². The van der Waals surface area contributed by atoms with Gasteiger partial charge in [0.2, 0.25) is 11.8 Å². The first-order valence-corrected chi connectivity index (χ1v) is 10.1. The molecule has 150 valence electrons. The molecule has 0 unspecified atom stereocenters. The Morgan fingerprint density at radius 2 is 2.00 bits per heavy atom. The number of rotatable bonds is 8. The summed E-state index contributed by atoms with van der Waals surface area (Å²) >= 11 is 1.30. The normalized spacial score (nSPS) is 14.0. The number of carbonyl (C=O) groups excluding carboxylic acids is 2. The molecule has 9 nitrogen and oxygen atoms in total. The summed E-state index contributed by atoms with van der Waals surface area (Å²) in [7, 11) is 1.61.